The van der Waals surface area contributed by atoms with Gasteiger partial charge in [-0.3, -0.25) is 4.79 Å². The molecule has 1 heterocycles. The number of esters is 1. The number of nitrogens with zero attached hydrogens (tertiary/aromatic N) is 1. The van der Waals surface area contributed by atoms with Crippen LogP contribution in [0.4, 0.5) is 0 Å². The van der Waals surface area contributed by atoms with E-state index in [4.69, 9.17) is 9.47 Å². The summed E-state index contributed by atoms with van der Waals surface area (Å²) in [6.07, 6.45) is 0. The molecular formula is C17H16N2O3. The topological polar surface area (TPSA) is 64.2 Å². The second-order valence-corrected chi connectivity index (χ2v) is 4.91. The van der Waals surface area contributed by atoms with Crippen molar-refractivity contribution in [3.05, 3.63) is 48.0 Å². The summed E-state index contributed by atoms with van der Waals surface area (Å²) >= 11 is 0. The zero-order chi connectivity index (χ0) is 15.5. The van der Waals surface area contributed by atoms with Crippen LogP contribution in [0.5, 0.6) is 5.75 Å². The number of aromatic nitrogens is 2. The van der Waals surface area contributed by atoms with Crippen LogP contribution in [0, 0.1) is 0 Å². The molecule has 0 spiro atoms. The fourth-order valence-corrected chi connectivity index (χ4v) is 2.31. The fourth-order valence-electron chi connectivity index (χ4n) is 2.31. The molecule has 0 bridgehead atoms. The number of carbonyl (C=O) groups is 1. The smallest absolute Gasteiger partial charge is 0.302 e. The van der Waals surface area contributed by atoms with Gasteiger partial charge in [0.1, 0.15) is 18.2 Å². The Morgan fingerprint density at radius 1 is 1.23 bits per heavy atom. The van der Waals surface area contributed by atoms with Gasteiger partial charge in [-0.2, -0.15) is 0 Å². The summed E-state index contributed by atoms with van der Waals surface area (Å²) in [7, 11) is 1.59. The molecule has 1 N–H and O–H groups in total. The molecule has 2 aromatic carbocycles. The van der Waals surface area contributed by atoms with Gasteiger partial charge in [0.05, 0.1) is 18.1 Å². The summed E-state index contributed by atoms with van der Waals surface area (Å²) in [5.74, 6) is 1.13. The molecular weight excluding hydrogens is 280 g/mol. The maximum atomic E-state index is 11.0. The van der Waals surface area contributed by atoms with E-state index >= 15 is 0 Å². The monoisotopic (exact) mass is 296 g/mol. The summed E-state index contributed by atoms with van der Waals surface area (Å²) in [6.45, 7) is 1.56. The van der Waals surface area contributed by atoms with Gasteiger partial charge < -0.3 is 14.5 Å². The van der Waals surface area contributed by atoms with E-state index in [2.05, 4.69) is 9.97 Å². The summed E-state index contributed by atoms with van der Waals surface area (Å²) in [4.78, 5) is 18.9. The van der Waals surface area contributed by atoms with E-state index in [-0.39, 0.29) is 12.6 Å². The second-order valence-electron chi connectivity index (χ2n) is 4.91. The Balaban J connectivity index is 1.99. The van der Waals surface area contributed by atoms with Crippen molar-refractivity contribution in [1.82, 2.24) is 9.97 Å². The van der Waals surface area contributed by atoms with Crippen LogP contribution in [0.3, 0.4) is 0 Å². The number of nitrogens with one attached hydrogen (secondary N) is 1. The first-order valence-corrected chi connectivity index (χ1v) is 6.93. The molecule has 22 heavy (non-hydrogen) atoms. The average molecular weight is 296 g/mol. The van der Waals surface area contributed by atoms with Gasteiger partial charge >= 0.3 is 5.97 Å². The first-order chi connectivity index (χ1) is 10.7. The average Bonchev–Trinajstić information content (AvgIpc) is 2.96. The Morgan fingerprint density at radius 2 is 2.05 bits per heavy atom. The number of aromatic amines is 1. The van der Waals surface area contributed by atoms with E-state index in [1.165, 1.54) is 6.92 Å². The maximum absolute atomic E-state index is 11.0. The molecule has 0 aliphatic heterocycles. The van der Waals surface area contributed by atoms with Gasteiger partial charge in [-0.15, -0.1) is 0 Å². The minimum atomic E-state index is -0.323. The first kappa shape index (κ1) is 14.1. The number of hydrogen-bond donors (Lipinski definition) is 1. The predicted molar refractivity (Wildman–Crippen MR) is 83.6 cm³/mol. The number of fused-ring (bicyclic) bond motifs is 1. The van der Waals surface area contributed by atoms with Crippen LogP contribution < -0.4 is 4.74 Å². The molecule has 0 atom stereocenters. The Labute approximate surface area is 127 Å². The number of rotatable bonds is 4. The molecule has 0 aliphatic carbocycles. The van der Waals surface area contributed by atoms with Crippen LogP contribution >= 0.6 is 0 Å². The van der Waals surface area contributed by atoms with E-state index in [0.29, 0.717) is 5.75 Å². The lowest BCUT2D eigenvalue weighted by Gasteiger charge is -2.10. The van der Waals surface area contributed by atoms with Crippen molar-refractivity contribution in [2.45, 2.75) is 13.5 Å². The summed E-state index contributed by atoms with van der Waals surface area (Å²) in [6, 6.07) is 13.5. The van der Waals surface area contributed by atoms with Crippen LogP contribution in [0.15, 0.2) is 42.5 Å². The molecule has 3 aromatic rings. The van der Waals surface area contributed by atoms with Crippen molar-refractivity contribution in [3.63, 3.8) is 0 Å². The molecule has 0 amide bonds. The van der Waals surface area contributed by atoms with E-state index in [9.17, 15) is 4.79 Å². The number of H-pyrrole nitrogens is 1. The lowest BCUT2D eigenvalue weighted by atomic mass is 10.1. The summed E-state index contributed by atoms with van der Waals surface area (Å²) in [5.41, 5.74) is 3.61. The van der Waals surface area contributed by atoms with Gasteiger partial charge in [0.25, 0.3) is 0 Å². The molecule has 0 saturated heterocycles. The lowest BCUT2D eigenvalue weighted by Crippen LogP contribution is -2.01. The lowest BCUT2D eigenvalue weighted by molar-refractivity contribution is -0.142. The predicted octanol–water partition coefficient (Wildman–Crippen LogP) is 3.30. The third kappa shape index (κ3) is 2.79. The molecule has 3 rings (SSSR count). The Bertz CT molecular complexity index is 791. The second kappa shape index (κ2) is 5.89. The third-order valence-corrected chi connectivity index (χ3v) is 3.37. The molecule has 112 valence electrons. The Kier molecular flexibility index (Phi) is 3.78. The Hall–Kier alpha value is -2.82. The van der Waals surface area contributed by atoms with Crippen LogP contribution in [0.2, 0.25) is 0 Å². The van der Waals surface area contributed by atoms with Gasteiger partial charge in [0.2, 0.25) is 0 Å². The van der Waals surface area contributed by atoms with E-state index < -0.39 is 0 Å². The van der Waals surface area contributed by atoms with Gasteiger partial charge in [0, 0.05) is 18.1 Å². The highest BCUT2D eigenvalue weighted by Crippen LogP contribution is 2.27. The number of benzene rings is 2. The van der Waals surface area contributed by atoms with Crippen molar-refractivity contribution >= 4 is 17.0 Å². The quantitative estimate of drug-likeness (QED) is 0.750. The number of imidazole rings is 1. The van der Waals surface area contributed by atoms with Crippen molar-refractivity contribution in [2.75, 3.05) is 7.11 Å². The van der Waals surface area contributed by atoms with E-state index in [0.717, 1.165) is 28.0 Å². The molecule has 5 heteroatoms. The van der Waals surface area contributed by atoms with Crippen LogP contribution in [-0.4, -0.2) is 23.0 Å². The number of carbonyl (C=O) groups excluding carboxylic acids is 1. The number of methoxy groups -OCH3 is 1. The van der Waals surface area contributed by atoms with Gasteiger partial charge in [-0.1, -0.05) is 12.1 Å². The first-order valence-electron chi connectivity index (χ1n) is 6.93. The SMILES string of the molecule is COc1ccc(-c2nc3ccccc3[nH]2)cc1COC(C)=O. The Morgan fingerprint density at radius 3 is 2.77 bits per heavy atom. The van der Waals surface area contributed by atoms with Crippen molar-refractivity contribution in [2.24, 2.45) is 0 Å². The number of hydrogen-bond acceptors (Lipinski definition) is 4. The van der Waals surface area contributed by atoms with Crippen molar-refractivity contribution < 1.29 is 14.3 Å². The molecule has 0 unspecified atom stereocenters. The zero-order valence-corrected chi connectivity index (χ0v) is 12.4. The van der Waals surface area contributed by atoms with Crippen molar-refractivity contribution in [1.29, 1.82) is 0 Å². The highest BCUT2D eigenvalue weighted by atomic mass is 16.5. The van der Waals surface area contributed by atoms with Gasteiger partial charge in [-0.25, -0.2) is 4.98 Å². The highest BCUT2D eigenvalue weighted by molar-refractivity contribution is 5.79. The van der Waals surface area contributed by atoms with Gasteiger partial charge in [0.15, 0.2) is 0 Å². The highest BCUT2D eigenvalue weighted by Gasteiger charge is 2.10. The number of para-hydroxylation sites is 2. The molecule has 0 fully saturated rings. The standard InChI is InChI=1S/C17H16N2O3/c1-11(20)22-10-13-9-12(7-8-16(13)21-2)17-18-14-5-3-4-6-15(14)19-17/h3-9H,10H2,1-2H3,(H,18,19). The van der Waals surface area contributed by atoms with Gasteiger partial charge in [-0.05, 0) is 30.3 Å². The van der Waals surface area contributed by atoms with Crippen LogP contribution in [-0.2, 0) is 16.1 Å². The van der Waals surface area contributed by atoms with E-state index in [1.807, 2.05) is 42.5 Å². The largest absolute Gasteiger partial charge is 0.496 e. The summed E-state index contributed by atoms with van der Waals surface area (Å²) < 4.78 is 10.4. The zero-order valence-electron chi connectivity index (χ0n) is 12.4. The minimum Gasteiger partial charge on any atom is -0.496 e. The third-order valence-electron chi connectivity index (χ3n) is 3.37. The van der Waals surface area contributed by atoms with Crippen molar-refractivity contribution in [3.8, 4) is 17.1 Å². The molecule has 0 aliphatic rings. The fraction of sp³-hybridized carbons (Fsp3) is 0.176. The molecule has 5 nitrogen and oxygen atoms in total. The molecule has 1 aromatic heterocycles. The van der Waals surface area contributed by atoms with Crippen LogP contribution in [0.1, 0.15) is 12.5 Å². The summed E-state index contributed by atoms with van der Waals surface area (Å²) in [5, 5.41) is 0. The maximum Gasteiger partial charge on any atom is 0.302 e. The minimum absolute atomic E-state index is 0.173. The van der Waals surface area contributed by atoms with Crippen LogP contribution in [0.25, 0.3) is 22.4 Å². The molecule has 0 radical (unpaired) electrons. The van der Waals surface area contributed by atoms with E-state index in [1.54, 1.807) is 7.11 Å². The normalized spacial score (nSPS) is 10.6. The molecule has 0 saturated carbocycles. The number of ether oxygens (including phenoxy) is 2.